The van der Waals surface area contributed by atoms with Crippen LogP contribution < -0.4 is 5.32 Å². The van der Waals surface area contributed by atoms with E-state index in [0.717, 1.165) is 29.2 Å². The van der Waals surface area contributed by atoms with Crippen molar-refractivity contribution >= 4 is 5.91 Å². The summed E-state index contributed by atoms with van der Waals surface area (Å²) in [6.07, 6.45) is 2.00. The molecule has 5 nitrogen and oxygen atoms in total. The number of carbonyl (C=O) groups excluding carboxylic acids is 1. The van der Waals surface area contributed by atoms with Crippen molar-refractivity contribution in [1.82, 2.24) is 20.1 Å². The molecule has 0 radical (unpaired) electrons. The van der Waals surface area contributed by atoms with Gasteiger partial charge in [0.25, 0.3) is 0 Å². The summed E-state index contributed by atoms with van der Waals surface area (Å²) in [5.74, 6) is -0.0238. The number of aryl methyl sites for hydroxylation is 2. The highest BCUT2D eigenvalue weighted by Crippen LogP contribution is 2.21. The predicted octanol–water partition coefficient (Wildman–Crippen LogP) is 2.33. The first kappa shape index (κ1) is 15.2. The first-order valence-corrected chi connectivity index (χ1v) is 7.26. The zero-order valence-corrected chi connectivity index (χ0v) is 13.1. The van der Waals surface area contributed by atoms with Crippen molar-refractivity contribution in [2.45, 2.75) is 46.7 Å². The third-order valence-electron chi connectivity index (χ3n) is 3.62. The van der Waals surface area contributed by atoms with Crippen LogP contribution >= 0.6 is 0 Å². The lowest BCUT2D eigenvalue weighted by Crippen LogP contribution is -2.29. The molecule has 5 heteroatoms. The normalized spacial score (nSPS) is 12.2. The zero-order chi connectivity index (χ0) is 15.4. The number of amides is 1. The number of nitrogens with zero attached hydrogens (tertiary/aromatic N) is 3. The van der Waals surface area contributed by atoms with Gasteiger partial charge in [-0.2, -0.15) is 5.10 Å². The van der Waals surface area contributed by atoms with Gasteiger partial charge in [-0.1, -0.05) is 6.07 Å². The Morgan fingerprint density at radius 2 is 2.14 bits per heavy atom. The highest BCUT2D eigenvalue weighted by molar-refractivity contribution is 5.78. The van der Waals surface area contributed by atoms with Crippen molar-refractivity contribution in [1.29, 1.82) is 0 Å². The summed E-state index contributed by atoms with van der Waals surface area (Å²) < 4.78 is 1.96. The lowest BCUT2D eigenvalue weighted by Gasteiger charge is -2.15. The van der Waals surface area contributed by atoms with E-state index in [1.165, 1.54) is 0 Å². The molecule has 0 saturated carbocycles. The summed E-state index contributed by atoms with van der Waals surface area (Å²) in [5.41, 5.74) is 3.96. The molecule has 1 amide bonds. The summed E-state index contributed by atoms with van der Waals surface area (Å²) >= 11 is 0. The van der Waals surface area contributed by atoms with Crippen LogP contribution in [-0.2, 0) is 17.8 Å². The third-order valence-corrected chi connectivity index (χ3v) is 3.62. The Morgan fingerprint density at radius 1 is 1.38 bits per heavy atom. The van der Waals surface area contributed by atoms with Gasteiger partial charge in [-0.25, -0.2) is 0 Å². The Balaban J connectivity index is 2.06. The van der Waals surface area contributed by atoms with Gasteiger partial charge in [0, 0.05) is 29.7 Å². The van der Waals surface area contributed by atoms with E-state index in [1.807, 2.05) is 43.7 Å². The number of hydrogen-bond donors (Lipinski definition) is 1. The largest absolute Gasteiger partial charge is 0.349 e. The fourth-order valence-electron chi connectivity index (χ4n) is 2.68. The van der Waals surface area contributed by atoms with E-state index in [-0.39, 0.29) is 11.9 Å². The second-order valence-corrected chi connectivity index (χ2v) is 5.19. The fourth-order valence-corrected chi connectivity index (χ4v) is 2.68. The lowest BCUT2D eigenvalue weighted by molar-refractivity contribution is -0.121. The Hall–Kier alpha value is -2.17. The van der Waals surface area contributed by atoms with Gasteiger partial charge in [0.1, 0.15) is 0 Å². The van der Waals surface area contributed by atoms with E-state index in [4.69, 9.17) is 0 Å². The molecule has 112 valence electrons. The maximum absolute atomic E-state index is 12.1. The second-order valence-electron chi connectivity index (χ2n) is 5.19. The van der Waals surface area contributed by atoms with Crippen molar-refractivity contribution in [2.24, 2.45) is 0 Å². The van der Waals surface area contributed by atoms with Crippen molar-refractivity contribution in [3.05, 3.63) is 47.0 Å². The summed E-state index contributed by atoms with van der Waals surface area (Å²) in [4.78, 5) is 16.3. The maximum Gasteiger partial charge on any atom is 0.226 e. The summed E-state index contributed by atoms with van der Waals surface area (Å²) in [7, 11) is 0. The summed E-state index contributed by atoms with van der Waals surface area (Å²) in [5, 5.41) is 7.53. The predicted molar refractivity (Wildman–Crippen MR) is 81.9 cm³/mol. The summed E-state index contributed by atoms with van der Waals surface area (Å²) in [6, 6.07) is 5.53. The second kappa shape index (κ2) is 6.52. The van der Waals surface area contributed by atoms with Gasteiger partial charge in [0.2, 0.25) is 5.91 Å². The monoisotopic (exact) mass is 286 g/mol. The van der Waals surface area contributed by atoms with Crippen LogP contribution in [0.25, 0.3) is 0 Å². The molecular weight excluding hydrogens is 264 g/mol. The van der Waals surface area contributed by atoms with Gasteiger partial charge >= 0.3 is 0 Å². The van der Waals surface area contributed by atoms with Crippen LogP contribution in [0.4, 0.5) is 0 Å². The SMILES string of the molecule is CCn1nc(C)c([C@H](C)NC(=O)Cc2ccccn2)c1C. The molecular formula is C16H22N4O. The van der Waals surface area contributed by atoms with Crippen molar-refractivity contribution < 1.29 is 4.79 Å². The molecule has 0 aliphatic carbocycles. The Bertz CT molecular complexity index is 619. The Labute approximate surface area is 125 Å². The average molecular weight is 286 g/mol. The molecule has 0 aromatic carbocycles. The highest BCUT2D eigenvalue weighted by atomic mass is 16.1. The molecule has 0 unspecified atom stereocenters. The van der Waals surface area contributed by atoms with Crippen LogP contribution in [0.1, 0.15) is 42.5 Å². The van der Waals surface area contributed by atoms with Gasteiger partial charge in [0.15, 0.2) is 0 Å². The molecule has 2 aromatic heterocycles. The van der Waals surface area contributed by atoms with E-state index in [0.29, 0.717) is 6.42 Å². The number of pyridine rings is 1. The number of rotatable bonds is 5. The van der Waals surface area contributed by atoms with Gasteiger partial charge in [-0.05, 0) is 39.8 Å². The standard InChI is InChI=1S/C16H22N4O/c1-5-20-13(4)16(12(3)19-20)11(2)18-15(21)10-14-8-6-7-9-17-14/h6-9,11H,5,10H2,1-4H3,(H,18,21)/t11-/m0/s1. The number of carbonyl (C=O) groups is 1. The van der Waals surface area contributed by atoms with Gasteiger partial charge in [-0.15, -0.1) is 0 Å². The van der Waals surface area contributed by atoms with Crippen molar-refractivity contribution in [3.63, 3.8) is 0 Å². The van der Waals surface area contributed by atoms with Crippen LogP contribution in [0.3, 0.4) is 0 Å². The van der Waals surface area contributed by atoms with Crippen molar-refractivity contribution in [3.8, 4) is 0 Å². The molecule has 2 rings (SSSR count). The fraction of sp³-hybridized carbons (Fsp3) is 0.438. The summed E-state index contributed by atoms with van der Waals surface area (Å²) in [6.45, 7) is 8.91. The van der Waals surface area contributed by atoms with Gasteiger partial charge < -0.3 is 5.32 Å². The first-order valence-electron chi connectivity index (χ1n) is 7.26. The van der Waals surface area contributed by atoms with Crippen LogP contribution in [0, 0.1) is 13.8 Å². The maximum atomic E-state index is 12.1. The van der Waals surface area contributed by atoms with Crippen LogP contribution in [0.2, 0.25) is 0 Å². The topological polar surface area (TPSA) is 59.8 Å². The minimum Gasteiger partial charge on any atom is -0.349 e. The Morgan fingerprint density at radius 3 is 2.71 bits per heavy atom. The quantitative estimate of drug-likeness (QED) is 0.917. The van der Waals surface area contributed by atoms with E-state index in [1.54, 1.807) is 6.20 Å². The molecule has 0 saturated heterocycles. The molecule has 2 heterocycles. The van der Waals surface area contributed by atoms with Crippen LogP contribution in [-0.4, -0.2) is 20.7 Å². The van der Waals surface area contributed by atoms with Crippen LogP contribution in [0.5, 0.6) is 0 Å². The molecule has 0 bridgehead atoms. The van der Waals surface area contributed by atoms with E-state index >= 15 is 0 Å². The minimum absolute atomic E-state index is 0.0238. The van der Waals surface area contributed by atoms with Crippen LogP contribution in [0.15, 0.2) is 24.4 Å². The molecule has 0 spiro atoms. The average Bonchev–Trinajstić information content (AvgIpc) is 2.74. The van der Waals surface area contributed by atoms with Crippen molar-refractivity contribution in [2.75, 3.05) is 0 Å². The molecule has 0 fully saturated rings. The molecule has 0 aliphatic heterocycles. The van der Waals surface area contributed by atoms with E-state index in [2.05, 4.69) is 22.3 Å². The van der Waals surface area contributed by atoms with Gasteiger partial charge in [-0.3, -0.25) is 14.5 Å². The third kappa shape index (κ3) is 3.48. The number of nitrogens with one attached hydrogen (secondary N) is 1. The zero-order valence-electron chi connectivity index (χ0n) is 13.1. The minimum atomic E-state index is -0.0542. The smallest absolute Gasteiger partial charge is 0.226 e. The number of aromatic nitrogens is 3. The Kier molecular flexibility index (Phi) is 4.73. The molecule has 1 N–H and O–H groups in total. The molecule has 21 heavy (non-hydrogen) atoms. The van der Waals surface area contributed by atoms with Gasteiger partial charge in [0.05, 0.1) is 18.2 Å². The molecule has 0 aliphatic rings. The molecule has 1 atom stereocenters. The molecule has 2 aromatic rings. The highest BCUT2D eigenvalue weighted by Gasteiger charge is 2.18. The lowest BCUT2D eigenvalue weighted by atomic mass is 10.1. The van der Waals surface area contributed by atoms with E-state index in [9.17, 15) is 4.79 Å². The number of hydrogen-bond acceptors (Lipinski definition) is 3. The first-order chi connectivity index (χ1) is 10.0. The van der Waals surface area contributed by atoms with E-state index < -0.39 is 0 Å².